The Morgan fingerprint density at radius 1 is 1.08 bits per heavy atom. The summed E-state index contributed by atoms with van der Waals surface area (Å²) in [6.45, 7) is 11.2. The molecule has 1 aromatic rings. The van der Waals surface area contributed by atoms with Gasteiger partial charge in [-0.05, 0) is 71.2 Å². The summed E-state index contributed by atoms with van der Waals surface area (Å²) < 4.78 is 59.2. The maximum Gasteiger partial charge on any atom is 0.525 e. The number of halogens is 3. The first-order chi connectivity index (χ1) is 11.9. The van der Waals surface area contributed by atoms with E-state index in [0.29, 0.717) is 0 Å². The summed E-state index contributed by atoms with van der Waals surface area (Å²) in [5, 5.41) is 0. The van der Waals surface area contributed by atoms with Crippen molar-refractivity contribution >= 4 is 12.7 Å². The molecule has 144 valence electrons. The third-order valence-electron chi connectivity index (χ3n) is 4.82. The van der Waals surface area contributed by atoms with Gasteiger partial charge in [-0.25, -0.2) is 13.2 Å². The molecule has 0 amide bonds. The summed E-state index contributed by atoms with van der Waals surface area (Å²) in [6.07, 6.45) is 0.153. The van der Waals surface area contributed by atoms with E-state index in [4.69, 9.17) is 14.0 Å². The molecule has 0 radical (unpaired) electrons. The van der Waals surface area contributed by atoms with E-state index in [1.54, 1.807) is 0 Å². The largest absolute Gasteiger partial charge is 0.525 e. The van der Waals surface area contributed by atoms with Crippen LogP contribution in [0.25, 0.3) is 5.57 Å². The van der Waals surface area contributed by atoms with Gasteiger partial charge in [0.15, 0.2) is 11.6 Å². The van der Waals surface area contributed by atoms with E-state index in [1.807, 2.05) is 41.5 Å². The van der Waals surface area contributed by atoms with E-state index in [0.717, 1.165) is 12.1 Å². The number of rotatable bonds is 6. The van der Waals surface area contributed by atoms with Crippen LogP contribution in [0.1, 0.15) is 53.5 Å². The van der Waals surface area contributed by atoms with Gasteiger partial charge in [-0.15, -0.1) is 0 Å². The molecule has 3 nitrogen and oxygen atoms in total. The number of ether oxygens (including phenoxy) is 1. The van der Waals surface area contributed by atoms with Gasteiger partial charge in [0.1, 0.15) is 5.73 Å². The molecule has 26 heavy (non-hydrogen) atoms. The van der Waals surface area contributed by atoms with Gasteiger partial charge in [-0.2, -0.15) is 0 Å². The Hall–Kier alpha value is -1.31. The zero-order chi connectivity index (χ0) is 19.7. The lowest BCUT2D eigenvalue weighted by atomic mass is 9.82. The van der Waals surface area contributed by atoms with Crippen LogP contribution in [0.4, 0.5) is 13.2 Å². The lowest BCUT2D eigenvalue weighted by molar-refractivity contribution is 0.00578. The zero-order valence-corrected chi connectivity index (χ0v) is 16.2. The fraction of sp³-hybridized carbons (Fsp3) is 0.579. The van der Waals surface area contributed by atoms with E-state index in [-0.39, 0.29) is 30.3 Å². The second-order valence-electron chi connectivity index (χ2n) is 7.71. The molecule has 1 saturated heterocycles. The molecule has 1 heterocycles. The summed E-state index contributed by atoms with van der Waals surface area (Å²) in [6, 6.07) is 3.30. The van der Waals surface area contributed by atoms with Crippen molar-refractivity contribution in [1.82, 2.24) is 0 Å². The highest BCUT2D eigenvalue weighted by molar-refractivity contribution is 6.55. The molecule has 1 aromatic carbocycles. The maximum absolute atomic E-state index is 15.3. The van der Waals surface area contributed by atoms with E-state index >= 15 is 4.39 Å². The van der Waals surface area contributed by atoms with Crippen molar-refractivity contribution in [2.24, 2.45) is 0 Å². The van der Waals surface area contributed by atoms with Crippen LogP contribution in [-0.4, -0.2) is 31.0 Å². The molecular formula is C19H26BF3O3. The Balaban J connectivity index is 2.38. The highest BCUT2D eigenvalue weighted by Crippen LogP contribution is 2.40. The Morgan fingerprint density at radius 2 is 1.65 bits per heavy atom. The average Bonchev–Trinajstić information content (AvgIpc) is 2.74. The van der Waals surface area contributed by atoms with Gasteiger partial charge in [0.05, 0.1) is 23.9 Å². The Morgan fingerprint density at radius 3 is 2.15 bits per heavy atom. The van der Waals surface area contributed by atoms with Crippen LogP contribution in [0.2, 0.25) is 0 Å². The second kappa shape index (κ2) is 7.75. The smallest absolute Gasteiger partial charge is 0.398 e. The van der Waals surface area contributed by atoms with Crippen LogP contribution in [-0.2, 0) is 14.0 Å². The molecule has 0 N–H and O–H groups in total. The Labute approximate surface area is 153 Å². The molecule has 1 aliphatic rings. The normalized spacial score (nSPS) is 19.8. The average molecular weight is 370 g/mol. The van der Waals surface area contributed by atoms with Gasteiger partial charge in [0.25, 0.3) is 0 Å². The minimum Gasteiger partial charge on any atom is -0.398 e. The summed E-state index contributed by atoms with van der Waals surface area (Å²) in [4.78, 5) is 0. The van der Waals surface area contributed by atoms with Gasteiger partial charge in [-0.3, -0.25) is 0 Å². The van der Waals surface area contributed by atoms with E-state index in [9.17, 15) is 8.78 Å². The first-order valence-electron chi connectivity index (χ1n) is 8.76. The minimum absolute atomic E-state index is 0.0267. The van der Waals surface area contributed by atoms with Crippen LogP contribution >= 0.6 is 0 Å². The van der Waals surface area contributed by atoms with Gasteiger partial charge in [-0.1, -0.05) is 6.07 Å². The fourth-order valence-electron chi connectivity index (χ4n) is 2.57. The lowest BCUT2D eigenvalue weighted by Gasteiger charge is -2.32. The number of hydrogen-bond acceptors (Lipinski definition) is 3. The Kier molecular flexibility index (Phi) is 6.26. The molecule has 1 fully saturated rings. The predicted octanol–water partition coefficient (Wildman–Crippen LogP) is 5.09. The molecule has 0 spiro atoms. The third kappa shape index (κ3) is 4.50. The van der Waals surface area contributed by atoms with E-state index in [2.05, 4.69) is 0 Å². The van der Waals surface area contributed by atoms with Crippen molar-refractivity contribution in [3.8, 4) is 0 Å². The minimum atomic E-state index is -1.21. The summed E-state index contributed by atoms with van der Waals surface area (Å²) >= 11 is 0. The summed E-state index contributed by atoms with van der Waals surface area (Å²) in [7, 11) is -1.21. The monoisotopic (exact) mass is 370 g/mol. The standard InChI is InChI=1S/C19H26BF3O3/c1-12(2)24-10-9-14(13-7-8-15(21)16(22)11-13)17(23)20-25-18(3,4)19(5,6)26-20/h7-8,11-12H,9-10H2,1-6H3. The predicted molar refractivity (Wildman–Crippen MR) is 96.2 cm³/mol. The number of benzene rings is 1. The summed E-state index contributed by atoms with van der Waals surface area (Å²) in [5.74, 6) is -2.02. The molecule has 0 aromatic heterocycles. The van der Waals surface area contributed by atoms with Crippen LogP contribution < -0.4 is 0 Å². The third-order valence-corrected chi connectivity index (χ3v) is 4.82. The van der Waals surface area contributed by atoms with Crippen molar-refractivity contribution in [3.63, 3.8) is 0 Å². The molecule has 0 aliphatic carbocycles. The van der Waals surface area contributed by atoms with Crippen molar-refractivity contribution in [2.75, 3.05) is 6.61 Å². The zero-order valence-electron chi connectivity index (χ0n) is 16.2. The van der Waals surface area contributed by atoms with E-state index < -0.39 is 35.7 Å². The van der Waals surface area contributed by atoms with Crippen molar-refractivity contribution in [2.45, 2.75) is 65.3 Å². The van der Waals surface area contributed by atoms with Crippen LogP contribution in [0, 0.1) is 11.6 Å². The molecule has 7 heteroatoms. The first-order valence-corrected chi connectivity index (χ1v) is 8.76. The van der Waals surface area contributed by atoms with E-state index in [1.165, 1.54) is 6.07 Å². The molecule has 0 bridgehead atoms. The maximum atomic E-state index is 15.3. The molecular weight excluding hydrogens is 344 g/mol. The van der Waals surface area contributed by atoms with Crippen molar-refractivity contribution < 1.29 is 27.2 Å². The van der Waals surface area contributed by atoms with Crippen LogP contribution in [0.3, 0.4) is 0 Å². The highest BCUT2D eigenvalue weighted by Gasteiger charge is 2.53. The van der Waals surface area contributed by atoms with Gasteiger partial charge in [0, 0.05) is 0 Å². The Bertz CT molecular complexity index is 671. The van der Waals surface area contributed by atoms with Crippen LogP contribution in [0.15, 0.2) is 23.9 Å². The topological polar surface area (TPSA) is 27.7 Å². The first kappa shape index (κ1) is 21.0. The van der Waals surface area contributed by atoms with Crippen LogP contribution in [0.5, 0.6) is 0 Å². The summed E-state index contributed by atoms with van der Waals surface area (Å²) in [5.41, 5.74) is -1.64. The molecule has 1 aliphatic heterocycles. The molecule has 2 rings (SSSR count). The highest BCUT2D eigenvalue weighted by atomic mass is 19.2. The van der Waals surface area contributed by atoms with Gasteiger partial charge in [0.2, 0.25) is 0 Å². The number of hydrogen-bond donors (Lipinski definition) is 0. The fourth-order valence-corrected chi connectivity index (χ4v) is 2.57. The van der Waals surface area contributed by atoms with Crippen molar-refractivity contribution in [1.29, 1.82) is 0 Å². The molecule has 0 saturated carbocycles. The SMILES string of the molecule is CC(C)OCCC(=C(F)B1OC(C)(C)C(C)(C)O1)c1ccc(F)c(F)c1. The molecule has 0 atom stereocenters. The van der Waals surface area contributed by atoms with Gasteiger partial charge < -0.3 is 14.0 Å². The molecule has 0 unspecified atom stereocenters. The quantitative estimate of drug-likeness (QED) is 0.653. The second-order valence-corrected chi connectivity index (χ2v) is 7.71. The van der Waals surface area contributed by atoms with Crippen molar-refractivity contribution in [3.05, 3.63) is 41.1 Å². The lowest BCUT2D eigenvalue weighted by Crippen LogP contribution is -2.41. The van der Waals surface area contributed by atoms with Gasteiger partial charge >= 0.3 is 7.12 Å².